The van der Waals surface area contributed by atoms with Crippen molar-refractivity contribution in [3.8, 4) is 0 Å². The van der Waals surface area contributed by atoms with Gasteiger partial charge in [-0.1, -0.05) is 12.1 Å². The highest BCUT2D eigenvalue weighted by Crippen LogP contribution is 2.10. The van der Waals surface area contributed by atoms with Gasteiger partial charge in [0.25, 0.3) is 5.91 Å². The maximum atomic E-state index is 12.2. The van der Waals surface area contributed by atoms with Gasteiger partial charge in [0.15, 0.2) is 0 Å². The van der Waals surface area contributed by atoms with E-state index in [0.29, 0.717) is 5.69 Å². The van der Waals surface area contributed by atoms with Gasteiger partial charge in [-0.15, -0.1) is 0 Å². The molecule has 2 aromatic rings. The van der Waals surface area contributed by atoms with E-state index in [1.54, 1.807) is 6.20 Å². The van der Waals surface area contributed by atoms with Crippen molar-refractivity contribution in [3.05, 3.63) is 36.2 Å². The Hall–Kier alpha value is -2.01. The second kappa shape index (κ2) is 5.96. The van der Waals surface area contributed by atoms with E-state index in [4.69, 9.17) is 0 Å². The van der Waals surface area contributed by atoms with Crippen molar-refractivity contribution in [2.24, 2.45) is 0 Å². The Labute approximate surface area is 117 Å². The molecule has 104 valence electrons. The number of amides is 1. The van der Waals surface area contributed by atoms with Gasteiger partial charge in [-0.25, -0.2) is 4.98 Å². The first-order chi connectivity index (χ1) is 9.83. The third-order valence-electron chi connectivity index (χ3n) is 3.59. The summed E-state index contributed by atoms with van der Waals surface area (Å²) < 4.78 is 0. The largest absolute Gasteiger partial charge is 0.348 e. The van der Waals surface area contributed by atoms with Crippen molar-refractivity contribution in [2.45, 2.75) is 25.3 Å². The van der Waals surface area contributed by atoms with E-state index < -0.39 is 0 Å². The maximum absolute atomic E-state index is 12.2. The van der Waals surface area contributed by atoms with Gasteiger partial charge in [0, 0.05) is 6.04 Å². The summed E-state index contributed by atoms with van der Waals surface area (Å²) in [5, 5.41) is 6.39. The average Bonchev–Trinajstić information content (AvgIpc) is 2.75. The third-order valence-corrected chi connectivity index (χ3v) is 3.59. The number of carbonyl (C=O) groups is 1. The number of nitrogens with one attached hydrogen (secondary N) is 2. The van der Waals surface area contributed by atoms with Gasteiger partial charge in [-0.2, -0.15) is 0 Å². The lowest BCUT2D eigenvalue weighted by Gasteiger charge is -2.15. The zero-order chi connectivity index (χ0) is 13.8. The summed E-state index contributed by atoms with van der Waals surface area (Å²) >= 11 is 0. The molecule has 1 amide bonds. The second-order valence-electron chi connectivity index (χ2n) is 5.10. The van der Waals surface area contributed by atoms with Crippen LogP contribution in [0.25, 0.3) is 11.0 Å². The highest BCUT2D eigenvalue weighted by molar-refractivity contribution is 5.93. The summed E-state index contributed by atoms with van der Waals surface area (Å²) in [6, 6.07) is 7.80. The number of carbonyl (C=O) groups excluding carboxylic acids is 1. The van der Waals surface area contributed by atoms with Crippen LogP contribution < -0.4 is 10.6 Å². The normalized spacial score (nSPS) is 19.5. The molecule has 20 heavy (non-hydrogen) atoms. The second-order valence-corrected chi connectivity index (χ2v) is 5.10. The van der Waals surface area contributed by atoms with E-state index >= 15 is 0 Å². The van der Waals surface area contributed by atoms with Crippen LogP contribution in [0.1, 0.15) is 29.8 Å². The van der Waals surface area contributed by atoms with Crippen molar-refractivity contribution < 1.29 is 4.79 Å². The zero-order valence-electron chi connectivity index (χ0n) is 11.3. The van der Waals surface area contributed by atoms with Gasteiger partial charge in [0.05, 0.1) is 17.2 Å². The smallest absolute Gasteiger partial charge is 0.271 e. The Bertz CT molecular complexity index is 606. The lowest BCUT2D eigenvalue weighted by Crippen LogP contribution is -2.35. The van der Waals surface area contributed by atoms with Gasteiger partial charge in [-0.05, 0) is 44.5 Å². The molecule has 1 aromatic carbocycles. The van der Waals surface area contributed by atoms with Gasteiger partial charge < -0.3 is 10.6 Å². The van der Waals surface area contributed by atoms with Crippen molar-refractivity contribution in [1.29, 1.82) is 0 Å². The average molecular weight is 270 g/mol. The van der Waals surface area contributed by atoms with E-state index in [2.05, 4.69) is 20.6 Å². The van der Waals surface area contributed by atoms with Gasteiger partial charge in [0.1, 0.15) is 5.69 Å². The first-order valence-electron chi connectivity index (χ1n) is 7.06. The van der Waals surface area contributed by atoms with E-state index in [1.165, 1.54) is 0 Å². The summed E-state index contributed by atoms with van der Waals surface area (Å²) in [4.78, 5) is 20.9. The Morgan fingerprint density at radius 1 is 1.20 bits per heavy atom. The monoisotopic (exact) mass is 270 g/mol. The molecule has 1 atom stereocenters. The van der Waals surface area contributed by atoms with E-state index in [-0.39, 0.29) is 11.9 Å². The number of hydrogen-bond acceptors (Lipinski definition) is 4. The molecule has 0 aliphatic carbocycles. The topological polar surface area (TPSA) is 66.9 Å². The predicted molar refractivity (Wildman–Crippen MR) is 77.5 cm³/mol. The quantitative estimate of drug-likeness (QED) is 0.868. The minimum atomic E-state index is -0.129. The van der Waals surface area contributed by atoms with E-state index in [1.807, 2.05) is 24.3 Å². The molecule has 1 aliphatic heterocycles. The number of rotatable bonds is 2. The molecule has 1 aliphatic rings. The number of para-hydroxylation sites is 2. The van der Waals surface area contributed by atoms with Crippen molar-refractivity contribution >= 4 is 16.9 Å². The first-order valence-corrected chi connectivity index (χ1v) is 7.06. The van der Waals surface area contributed by atoms with Crippen LogP contribution in [0, 0.1) is 0 Å². The Kier molecular flexibility index (Phi) is 3.87. The lowest BCUT2D eigenvalue weighted by molar-refractivity contribution is 0.0929. The third kappa shape index (κ3) is 2.93. The Morgan fingerprint density at radius 2 is 2.05 bits per heavy atom. The minimum Gasteiger partial charge on any atom is -0.348 e. The van der Waals surface area contributed by atoms with Crippen LogP contribution in [0.4, 0.5) is 0 Å². The van der Waals surface area contributed by atoms with Crippen LogP contribution in [0.5, 0.6) is 0 Å². The molecule has 1 fully saturated rings. The number of hydrogen-bond donors (Lipinski definition) is 2. The SMILES string of the molecule is O=C(NC1CCCNCC1)c1cnc2ccccc2n1. The molecule has 0 spiro atoms. The summed E-state index contributed by atoms with van der Waals surface area (Å²) in [5.41, 5.74) is 1.95. The van der Waals surface area contributed by atoms with Crippen molar-refractivity contribution in [3.63, 3.8) is 0 Å². The van der Waals surface area contributed by atoms with E-state index in [0.717, 1.165) is 43.4 Å². The van der Waals surface area contributed by atoms with E-state index in [9.17, 15) is 4.79 Å². The van der Waals surface area contributed by atoms with Crippen LogP contribution >= 0.6 is 0 Å². The minimum absolute atomic E-state index is 0.129. The summed E-state index contributed by atoms with van der Waals surface area (Å²) in [5.74, 6) is -0.129. The molecule has 0 radical (unpaired) electrons. The fourth-order valence-electron chi connectivity index (χ4n) is 2.49. The molecule has 2 N–H and O–H groups in total. The molecule has 1 unspecified atom stereocenters. The molecule has 1 aromatic heterocycles. The van der Waals surface area contributed by atoms with Gasteiger partial charge >= 0.3 is 0 Å². The number of nitrogens with zero attached hydrogens (tertiary/aromatic N) is 2. The van der Waals surface area contributed by atoms with Crippen LogP contribution in [0.3, 0.4) is 0 Å². The molecule has 5 heteroatoms. The summed E-state index contributed by atoms with van der Waals surface area (Å²) in [7, 11) is 0. The number of benzene rings is 1. The number of aromatic nitrogens is 2. The Morgan fingerprint density at radius 3 is 2.95 bits per heavy atom. The summed E-state index contributed by atoms with van der Waals surface area (Å²) in [6.45, 7) is 1.98. The molecule has 5 nitrogen and oxygen atoms in total. The van der Waals surface area contributed by atoms with Gasteiger partial charge in [-0.3, -0.25) is 9.78 Å². The lowest BCUT2D eigenvalue weighted by atomic mass is 10.1. The molecule has 1 saturated heterocycles. The fraction of sp³-hybridized carbons (Fsp3) is 0.400. The standard InChI is InChI=1S/C15H18N4O/c20-15(18-11-4-3-8-16-9-7-11)14-10-17-12-5-1-2-6-13(12)19-14/h1-2,5-6,10-11,16H,3-4,7-9H2,(H,18,20). The van der Waals surface area contributed by atoms with Gasteiger partial charge in [0.2, 0.25) is 0 Å². The van der Waals surface area contributed by atoms with Crippen molar-refractivity contribution in [2.75, 3.05) is 13.1 Å². The molecule has 3 rings (SSSR count). The Balaban J connectivity index is 1.74. The molecular weight excluding hydrogens is 252 g/mol. The molecule has 2 heterocycles. The van der Waals surface area contributed by atoms with Crippen LogP contribution in [-0.4, -0.2) is 35.0 Å². The first kappa shape index (κ1) is 13.0. The zero-order valence-corrected chi connectivity index (χ0v) is 11.3. The number of fused-ring (bicyclic) bond motifs is 1. The highest BCUT2D eigenvalue weighted by atomic mass is 16.1. The fourth-order valence-corrected chi connectivity index (χ4v) is 2.49. The van der Waals surface area contributed by atoms with Crippen molar-refractivity contribution in [1.82, 2.24) is 20.6 Å². The van der Waals surface area contributed by atoms with Crippen LogP contribution in [-0.2, 0) is 0 Å². The highest BCUT2D eigenvalue weighted by Gasteiger charge is 2.16. The molecule has 0 saturated carbocycles. The predicted octanol–water partition coefficient (Wildman–Crippen LogP) is 1.50. The molecule has 0 bridgehead atoms. The van der Waals surface area contributed by atoms with Crippen LogP contribution in [0.15, 0.2) is 30.5 Å². The maximum Gasteiger partial charge on any atom is 0.271 e. The molecular formula is C15H18N4O. The summed E-state index contributed by atoms with van der Waals surface area (Å²) in [6.07, 6.45) is 4.62. The van der Waals surface area contributed by atoms with Crippen LogP contribution in [0.2, 0.25) is 0 Å².